The quantitative estimate of drug-likeness (QED) is 0.338. The average molecular weight is 401 g/mol. The van der Waals surface area contributed by atoms with E-state index < -0.39 is 4.92 Å². The summed E-state index contributed by atoms with van der Waals surface area (Å²) in [6.07, 6.45) is 1.64. The molecule has 0 fully saturated rings. The molecule has 4 rings (SSSR count). The second-order valence-corrected chi connectivity index (χ2v) is 7.14. The Hall–Kier alpha value is -4.00. The number of carbonyl (C=O) groups excluding carboxylic acids is 1. The zero-order chi connectivity index (χ0) is 21.4. The Balaban J connectivity index is 1.62. The Bertz CT molecular complexity index is 1240. The first-order chi connectivity index (χ1) is 14.3. The van der Waals surface area contributed by atoms with E-state index in [0.29, 0.717) is 34.1 Å². The zero-order valence-electron chi connectivity index (χ0n) is 16.7. The van der Waals surface area contributed by atoms with Crippen molar-refractivity contribution in [1.29, 1.82) is 0 Å². The van der Waals surface area contributed by atoms with Crippen molar-refractivity contribution in [2.75, 3.05) is 5.01 Å². The minimum Gasteiger partial charge on any atom is -0.457 e. The summed E-state index contributed by atoms with van der Waals surface area (Å²) < 4.78 is 5.81. The largest absolute Gasteiger partial charge is 0.457 e. The molecule has 3 aromatic rings. The summed E-state index contributed by atoms with van der Waals surface area (Å²) in [4.78, 5) is 23.5. The van der Waals surface area contributed by atoms with Crippen LogP contribution in [0.4, 0.5) is 11.4 Å². The van der Waals surface area contributed by atoms with Crippen LogP contribution in [0, 0.1) is 24.0 Å². The molecule has 0 aliphatic carbocycles. The molecule has 0 N–H and O–H groups in total. The number of nitrogens with zero attached hydrogens (tertiary/aromatic N) is 3. The molecule has 1 aliphatic heterocycles. The Morgan fingerprint density at radius 3 is 2.57 bits per heavy atom. The summed E-state index contributed by atoms with van der Waals surface area (Å²) in [5, 5.41) is 16.8. The van der Waals surface area contributed by atoms with Crippen LogP contribution < -0.4 is 5.01 Å². The molecule has 1 amide bonds. The molecular weight excluding hydrogens is 382 g/mol. The van der Waals surface area contributed by atoms with Crippen molar-refractivity contribution in [3.8, 4) is 11.3 Å². The third-order valence-electron chi connectivity index (χ3n) is 5.05. The Labute approximate surface area is 173 Å². The van der Waals surface area contributed by atoms with Crippen molar-refractivity contribution in [2.24, 2.45) is 5.10 Å². The van der Waals surface area contributed by atoms with E-state index in [1.165, 1.54) is 17.1 Å². The smallest absolute Gasteiger partial charge is 0.280 e. The van der Waals surface area contributed by atoms with Crippen LogP contribution in [0.3, 0.4) is 0 Å². The normalized spacial score (nSPS) is 15.0. The van der Waals surface area contributed by atoms with Crippen LogP contribution in [0.15, 0.2) is 69.7 Å². The van der Waals surface area contributed by atoms with Crippen molar-refractivity contribution < 1.29 is 14.1 Å². The van der Waals surface area contributed by atoms with E-state index in [1.54, 1.807) is 37.3 Å². The Morgan fingerprint density at radius 2 is 1.83 bits per heavy atom. The predicted octanol–water partition coefficient (Wildman–Crippen LogP) is 5.28. The predicted molar refractivity (Wildman–Crippen MR) is 115 cm³/mol. The highest BCUT2D eigenvalue weighted by Crippen LogP contribution is 2.29. The molecule has 30 heavy (non-hydrogen) atoms. The number of carbonyl (C=O) groups is 1. The van der Waals surface area contributed by atoms with Crippen LogP contribution in [-0.4, -0.2) is 16.5 Å². The second kappa shape index (κ2) is 7.44. The highest BCUT2D eigenvalue weighted by Gasteiger charge is 2.29. The highest BCUT2D eigenvalue weighted by molar-refractivity contribution is 6.32. The third kappa shape index (κ3) is 3.53. The van der Waals surface area contributed by atoms with Crippen LogP contribution in [-0.2, 0) is 4.79 Å². The van der Waals surface area contributed by atoms with E-state index in [0.717, 1.165) is 11.1 Å². The van der Waals surface area contributed by atoms with Gasteiger partial charge in [0.1, 0.15) is 11.5 Å². The van der Waals surface area contributed by atoms with Gasteiger partial charge in [-0.1, -0.05) is 18.2 Å². The molecule has 0 bridgehead atoms. The van der Waals surface area contributed by atoms with Crippen LogP contribution >= 0.6 is 0 Å². The number of amides is 1. The van der Waals surface area contributed by atoms with E-state index in [2.05, 4.69) is 5.10 Å². The first kappa shape index (κ1) is 19.3. The van der Waals surface area contributed by atoms with Crippen LogP contribution in [0.5, 0.6) is 0 Å². The van der Waals surface area contributed by atoms with Gasteiger partial charge in [0.15, 0.2) is 0 Å². The van der Waals surface area contributed by atoms with Gasteiger partial charge in [0, 0.05) is 17.7 Å². The fourth-order valence-electron chi connectivity index (χ4n) is 3.22. The number of anilines is 1. The molecule has 0 unspecified atom stereocenters. The second-order valence-electron chi connectivity index (χ2n) is 7.14. The molecule has 7 heteroatoms. The topological polar surface area (TPSA) is 89.0 Å². The number of nitro benzene ring substituents is 1. The van der Waals surface area contributed by atoms with Crippen molar-refractivity contribution >= 4 is 29.1 Å². The summed E-state index contributed by atoms with van der Waals surface area (Å²) in [6.45, 7) is 5.78. The van der Waals surface area contributed by atoms with Crippen LogP contribution in [0.1, 0.15) is 23.8 Å². The van der Waals surface area contributed by atoms with E-state index in [-0.39, 0.29) is 11.6 Å². The van der Waals surface area contributed by atoms with Gasteiger partial charge in [-0.2, -0.15) is 10.1 Å². The number of benzene rings is 2. The number of hydrogen-bond acceptors (Lipinski definition) is 5. The molecule has 1 aromatic heterocycles. The van der Waals surface area contributed by atoms with Gasteiger partial charge in [0.25, 0.3) is 11.6 Å². The van der Waals surface area contributed by atoms with Crippen LogP contribution in [0.25, 0.3) is 17.4 Å². The monoisotopic (exact) mass is 401 g/mol. The molecule has 2 heterocycles. The lowest BCUT2D eigenvalue weighted by Gasteiger charge is -2.13. The number of rotatable bonds is 4. The molecule has 0 saturated heterocycles. The van der Waals surface area contributed by atoms with Gasteiger partial charge in [-0.25, -0.2) is 0 Å². The van der Waals surface area contributed by atoms with Crippen molar-refractivity contribution in [2.45, 2.75) is 20.8 Å². The summed E-state index contributed by atoms with van der Waals surface area (Å²) in [5.41, 5.74) is 4.54. The van der Waals surface area contributed by atoms with Gasteiger partial charge in [-0.3, -0.25) is 14.9 Å². The van der Waals surface area contributed by atoms with Gasteiger partial charge in [-0.05, 0) is 62.2 Å². The van der Waals surface area contributed by atoms with Crippen molar-refractivity contribution in [3.05, 3.63) is 87.2 Å². The van der Waals surface area contributed by atoms with Gasteiger partial charge < -0.3 is 4.42 Å². The van der Waals surface area contributed by atoms with Crippen LogP contribution in [0.2, 0.25) is 0 Å². The molecule has 7 nitrogen and oxygen atoms in total. The summed E-state index contributed by atoms with van der Waals surface area (Å²) in [6, 6.07) is 15.4. The summed E-state index contributed by atoms with van der Waals surface area (Å²) in [7, 11) is 0. The van der Waals surface area contributed by atoms with Crippen molar-refractivity contribution in [3.63, 3.8) is 0 Å². The lowest BCUT2D eigenvalue weighted by Crippen LogP contribution is -2.21. The molecule has 150 valence electrons. The maximum atomic E-state index is 12.9. The number of non-ortho nitro benzene ring substituents is 1. The van der Waals surface area contributed by atoms with Gasteiger partial charge >= 0.3 is 0 Å². The SMILES string of the molecule is CC1=NN(c2ccc(C)c(C)c2)C(=O)/C1=C/c1ccc(-c2cccc([N+](=O)[O-])c2)o1. The number of hydrazone groups is 1. The fourth-order valence-corrected chi connectivity index (χ4v) is 3.22. The van der Waals surface area contributed by atoms with Gasteiger partial charge in [-0.15, -0.1) is 0 Å². The highest BCUT2D eigenvalue weighted by atomic mass is 16.6. The molecular formula is C23H19N3O4. The number of nitro groups is 1. The van der Waals surface area contributed by atoms with Gasteiger partial charge in [0.2, 0.25) is 0 Å². The molecule has 0 spiro atoms. The van der Waals surface area contributed by atoms with E-state index in [9.17, 15) is 14.9 Å². The first-order valence-electron chi connectivity index (χ1n) is 9.37. The summed E-state index contributed by atoms with van der Waals surface area (Å²) >= 11 is 0. The molecule has 1 aliphatic rings. The zero-order valence-corrected chi connectivity index (χ0v) is 16.7. The minimum absolute atomic E-state index is 0.0122. The van der Waals surface area contributed by atoms with Gasteiger partial charge in [0.05, 0.1) is 21.9 Å². The minimum atomic E-state index is -0.451. The van der Waals surface area contributed by atoms with E-state index in [4.69, 9.17) is 4.42 Å². The number of aryl methyl sites for hydroxylation is 2. The Morgan fingerprint density at radius 1 is 1.03 bits per heavy atom. The molecule has 0 radical (unpaired) electrons. The van der Waals surface area contributed by atoms with Crippen molar-refractivity contribution in [1.82, 2.24) is 0 Å². The summed E-state index contributed by atoms with van der Waals surface area (Å²) in [5.74, 6) is 0.719. The standard InChI is InChI=1S/C23H19N3O4/c1-14-7-8-18(11-15(14)2)25-23(27)21(16(3)24-25)13-20-9-10-22(30-20)17-5-4-6-19(12-17)26(28)29/h4-13H,1-3H3/b21-13+. The molecule has 0 atom stereocenters. The first-order valence-corrected chi connectivity index (χ1v) is 9.37. The molecule has 0 saturated carbocycles. The third-order valence-corrected chi connectivity index (χ3v) is 5.05. The lowest BCUT2D eigenvalue weighted by atomic mass is 10.1. The molecule has 2 aromatic carbocycles. The Kier molecular flexibility index (Phi) is 4.79. The van der Waals surface area contributed by atoms with E-state index >= 15 is 0 Å². The average Bonchev–Trinajstić information content (AvgIpc) is 3.30. The van der Waals surface area contributed by atoms with E-state index in [1.807, 2.05) is 32.0 Å². The number of furan rings is 1. The maximum Gasteiger partial charge on any atom is 0.280 e. The lowest BCUT2D eigenvalue weighted by molar-refractivity contribution is -0.384. The number of hydrogen-bond donors (Lipinski definition) is 0. The fraction of sp³-hybridized carbons (Fsp3) is 0.130. The maximum absolute atomic E-state index is 12.9.